The van der Waals surface area contributed by atoms with Crippen LogP contribution in [0.5, 0.6) is 11.5 Å². The monoisotopic (exact) mass is 438 g/mol. The van der Waals surface area contributed by atoms with Crippen molar-refractivity contribution >= 4 is 29.5 Å². The Morgan fingerprint density at radius 2 is 2.03 bits per heavy atom. The van der Waals surface area contributed by atoms with Gasteiger partial charge >= 0.3 is 5.97 Å². The topological polar surface area (TPSA) is 94.2 Å². The molecule has 0 saturated carbocycles. The molecule has 1 fully saturated rings. The number of hydrogen-bond donors (Lipinski definition) is 1. The molecule has 1 heterocycles. The molecule has 2 rings (SSSR count). The van der Waals surface area contributed by atoms with E-state index in [4.69, 9.17) is 14.2 Å². The number of unbranched alkanes of at least 4 members (excludes halogenated alkanes) is 1. The summed E-state index contributed by atoms with van der Waals surface area (Å²) < 4.78 is 15.7. The second-order valence-electron chi connectivity index (χ2n) is 6.87. The summed E-state index contributed by atoms with van der Waals surface area (Å²) in [6.45, 7) is 4.37. The Labute approximate surface area is 181 Å². The van der Waals surface area contributed by atoms with E-state index in [2.05, 4.69) is 5.32 Å². The fourth-order valence-electron chi connectivity index (χ4n) is 3.35. The van der Waals surface area contributed by atoms with Gasteiger partial charge in [-0.3, -0.25) is 9.59 Å². The number of carbonyl (C=O) groups excluding carboxylic acids is 3. The molecule has 1 aromatic rings. The van der Waals surface area contributed by atoms with E-state index in [9.17, 15) is 14.4 Å². The normalized spacial score (nSPS) is 16.9. The minimum atomic E-state index is -0.665. The van der Waals surface area contributed by atoms with Crippen LogP contribution < -0.4 is 14.8 Å². The lowest BCUT2D eigenvalue weighted by Gasteiger charge is -2.25. The van der Waals surface area contributed by atoms with Gasteiger partial charge in [0.25, 0.3) is 0 Å². The van der Waals surface area contributed by atoms with E-state index in [0.717, 1.165) is 5.56 Å². The zero-order chi connectivity index (χ0) is 22.1. The molecule has 2 amide bonds. The van der Waals surface area contributed by atoms with Crippen LogP contribution in [0.1, 0.15) is 44.0 Å². The van der Waals surface area contributed by atoms with Gasteiger partial charge in [-0.15, -0.1) is 11.8 Å². The number of benzene rings is 1. The van der Waals surface area contributed by atoms with Crippen LogP contribution in [0.15, 0.2) is 18.2 Å². The Morgan fingerprint density at radius 3 is 2.67 bits per heavy atom. The van der Waals surface area contributed by atoms with Crippen LogP contribution in [-0.2, 0) is 19.1 Å². The molecule has 1 aromatic carbocycles. The molecule has 30 heavy (non-hydrogen) atoms. The van der Waals surface area contributed by atoms with Crippen molar-refractivity contribution in [2.45, 2.75) is 44.5 Å². The zero-order valence-electron chi connectivity index (χ0n) is 17.9. The van der Waals surface area contributed by atoms with Gasteiger partial charge in [0.05, 0.1) is 26.6 Å². The summed E-state index contributed by atoms with van der Waals surface area (Å²) in [6.07, 6.45) is 1.85. The van der Waals surface area contributed by atoms with Crippen molar-refractivity contribution in [1.82, 2.24) is 10.2 Å². The summed E-state index contributed by atoms with van der Waals surface area (Å²) in [6, 6.07) is 5.07. The van der Waals surface area contributed by atoms with Gasteiger partial charge in [0.15, 0.2) is 11.5 Å². The lowest BCUT2D eigenvalue weighted by molar-refractivity contribution is -0.145. The molecule has 2 atom stereocenters. The van der Waals surface area contributed by atoms with Gasteiger partial charge in [-0.05, 0) is 43.9 Å². The Morgan fingerprint density at radius 1 is 1.27 bits per heavy atom. The molecule has 0 bridgehead atoms. The Bertz CT molecular complexity index is 757. The highest BCUT2D eigenvalue weighted by Crippen LogP contribution is 2.41. The third-order valence-corrected chi connectivity index (χ3v) is 6.00. The summed E-state index contributed by atoms with van der Waals surface area (Å²) in [7, 11) is 2.90. The average molecular weight is 439 g/mol. The first-order valence-electron chi connectivity index (χ1n) is 9.98. The fourth-order valence-corrected chi connectivity index (χ4v) is 4.56. The maximum Gasteiger partial charge on any atom is 0.328 e. The highest BCUT2D eigenvalue weighted by molar-refractivity contribution is 8.00. The number of rotatable bonds is 11. The third-order valence-electron chi connectivity index (χ3n) is 4.75. The van der Waals surface area contributed by atoms with Gasteiger partial charge in [0, 0.05) is 13.5 Å². The molecule has 0 aliphatic carbocycles. The molecular weight excluding hydrogens is 408 g/mol. The molecule has 0 aromatic heterocycles. The summed E-state index contributed by atoms with van der Waals surface area (Å²) in [5.74, 6) is 1.10. The highest BCUT2D eigenvalue weighted by Gasteiger charge is 2.33. The van der Waals surface area contributed by atoms with Crippen LogP contribution in [0, 0.1) is 0 Å². The molecule has 0 spiro atoms. The molecule has 0 radical (unpaired) electrons. The molecule has 1 N–H and O–H groups in total. The molecule has 9 heteroatoms. The summed E-state index contributed by atoms with van der Waals surface area (Å²) in [5, 5.41) is 2.52. The molecule has 1 saturated heterocycles. The van der Waals surface area contributed by atoms with Gasteiger partial charge in [0.1, 0.15) is 11.4 Å². The van der Waals surface area contributed by atoms with Gasteiger partial charge in [-0.2, -0.15) is 0 Å². The Balaban J connectivity index is 1.99. The number of ether oxygens (including phenoxy) is 3. The third kappa shape index (κ3) is 6.29. The minimum Gasteiger partial charge on any atom is -0.493 e. The van der Waals surface area contributed by atoms with Crippen molar-refractivity contribution in [3.8, 4) is 11.5 Å². The van der Waals surface area contributed by atoms with E-state index in [1.807, 2.05) is 30.0 Å². The predicted molar refractivity (Wildman–Crippen MR) is 115 cm³/mol. The van der Waals surface area contributed by atoms with E-state index in [1.165, 1.54) is 14.0 Å². The number of amides is 2. The highest BCUT2D eigenvalue weighted by atomic mass is 32.2. The first-order valence-corrected chi connectivity index (χ1v) is 11.0. The van der Waals surface area contributed by atoms with E-state index < -0.39 is 12.0 Å². The van der Waals surface area contributed by atoms with E-state index >= 15 is 0 Å². The average Bonchev–Trinajstić information content (AvgIpc) is 3.10. The second kappa shape index (κ2) is 11.7. The lowest BCUT2D eigenvalue weighted by atomic mass is 10.1. The molecule has 1 aliphatic heterocycles. The smallest absolute Gasteiger partial charge is 0.328 e. The van der Waals surface area contributed by atoms with Crippen molar-refractivity contribution in [2.75, 3.05) is 33.1 Å². The number of esters is 1. The number of methoxy groups -OCH3 is 2. The van der Waals surface area contributed by atoms with E-state index in [1.54, 1.807) is 18.9 Å². The standard InChI is InChI=1S/C21H30N2O6S/c1-5-29-18-12-15(9-10-17(18)27-3)20-23(19(25)13-30-20)11-7-6-8-16(21(26)28-4)22-14(2)24/h9-10,12,16,20H,5-8,11,13H2,1-4H3,(H,22,24). The zero-order valence-corrected chi connectivity index (χ0v) is 18.8. The fraction of sp³-hybridized carbons (Fsp3) is 0.571. The maximum atomic E-state index is 12.4. The van der Waals surface area contributed by atoms with Gasteiger partial charge in [-0.25, -0.2) is 4.79 Å². The summed E-state index contributed by atoms with van der Waals surface area (Å²) in [4.78, 5) is 37.4. The minimum absolute atomic E-state index is 0.0881. The maximum absolute atomic E-state index is 12.4. The van der Waals surface area contributed by atoms with Crippen LogP contribution in [0.4, 0.5) is 0 Å². The van der Waals surface area contributed by atoms with Gasteiger partial charge in [0.2, 0.25) is 11.8 Å². The van der Waals surface area contributed by atoms with Crippen molar-refractivity contribution in [3.63, 3.8) is 0 Å². The first-order chi connectivity index (χ1) is 14.4. The number of nitrogens with one attached hydrogen (secondary N) is 1. The number of thioether (sulfide) groups is 1. The molecule has 166 valence electrons. The Kier molecular flexibility index (Phi) is 9.29. The molecule has 1 aliphatic rings. The van der Waals surface area contributed by atoms with Crippen LogP contribution >= 0.6 is 11.8 Å². The number of carbonyl (C=O) groups is 3. The predicted octanol–water partition coefficient (Wildman–Crippen LogP) is 2.52. The van der Waals surface area contributed by atoms with Crippen LogP contribution in [0.2, 0.25) is 0 Å². The van der Waals surface area contributed by atoms with Crippen LogP contribution in [-0.4, -0.2) is 61.8 Å². The van der Waals surface area contributed by atoms with Crippen molar-refractivity contribution in [2.24, 2.45) is 0 Å². The summed E-state index contributed by atoms with van der Waals surface area (Å²) in [5.41, 5.74) is 0.987. The van der Waals surface area contributed by atoms with Crippen LogP contribution in [0.3, 0.4) is 0 Å². The number of nitrogens with zero attached hydrogens (tertiary/aromatic N) is 1. The first kappa shape index (κ1) is 23.9. The van der Waals surface area contributed by atoms with Crippen molar-refractivity contribution in [3.05, 3.63) is 23.8 Å². The van der Waals surface area contributed by atoms with E-state index in [0.29, 0.717) is 49.7 Å². The van der Waals surface area contributed by atoms with Gasteiger partial charge < -0.3 is 24.4 Å². The van der Waals surface area contributed by atoms with E-state index in [-0.39, 0.29) is 17.2 Å². The second-order valence-corrected chi connectivity index (χ2v) is 7.93. The van der Waals surface area contributed by atoms with Gasteiger partial charge in [-0.1, -0.05) is 6.07 Å². The largest absolute Gasteiger partial charge is 0.493 e. The molecule has 2 unspecified atom stereocenters. The molecule has 8 nitrogen and oxygen atoms in total. The van der Waals surface area contributed by atoms with Crippen molar-refractivity contribution < 1.29 is 28.6 Å². The van der Waals surface area contributed by atoms with Crippen LogP contribution in [0.25, 0.3) is 0 Å². The number of hydrogen-bond acceptors (Lipinski definition) is 7. The van der Waals surface area contributed by atoms with Crippen molar-refractivity contribution in [1.29, 1.82) is 0 Å². The SMILES string of the molecule is CCOc1cc(C2SCC(=O)N2CCCCC(NC(C)=O)C(=O)OC)ccc1OC. The quantitative estimate of drug-likeness (QED) is 0.419. The Hall–Kier alpha value is -2.42. The summed E-state index contributed by atoms with van der Waals surface area (Å²) >= 11 is 1.58. The molecular formula is C21H30N2O6S. The lowest BCUT2D eigenvalue weighted by Crippen LogP contribution is -2.40.